The molecule has 3 aromatic rings. The number of amides is 1. The predicted octanol–water partition coefficient (Wildman–Crippen LogP) is 3.68. The van der Waals surface area contributed by atoms with E-state index in [1.807, 2.05) is 0 Å². The third-order valence-corrected chi connectivity index (χ3v) is 5.84. The van der Waals surface area contributed by atoms with Gasteiger partial charge in [-0.2, -0.15) is 0 Å². The van der Waals surface area contributed by atoms with E-state index in [4.69, 9.17) is 9.47 Å². The number of rotatable bonds is 3. The van der Waals surface area contributed by atoms with E-state index in [9.17, 15) is 19.1 Å². The highest BCUT2D eigenvalue weighted by Crippen LogP contribution is 2.43. The van der Waals surface area contributed by atoms with Gasteiger partial charge in [-0.15, -0.1) is 11.3 Å². The minimum Gasteiger partial charge on any atom is -0.507 e. The van der Waals surface area contributed by atoms with Gasteiger partial charge in [-0.1, -0.05) is 12.1 Å². The molecule has 2 aromatic carbocycles. The molecule has 1 aromatic heterocycles. The molecule has 0 aliphatic carbocycles. The van der Waals surface area contributed by atoms with E-state index in [1.165, 1.54) is 46.7 Å². The van der Waals surface area contributed by atoms with E-state index < -0.39 is 23.5 Å². The maximum Gasteiger partial charge on any atom is 0.301 e. The van der Waals surface area contributed by atoms with Crippen molar-refractivity contribution in [2.45, 2.75) is 6.04 Å². The lowest BCUT2D eigenvalue weighted by Crippen LogP contribution is -2.29. The highest BCUT2D eigenvalue weighted by molar-refractivity contribution is 7.14. The van der Waals surface area contributed by atoms with E-state index in [1.54, 1.807) is 23.6 Å². The number of hydrogen-bond donors (Lipinski definition) is 1. The molecule has 1 amide bonds. The standard InChI is InChI=1S/C22H15FN2O5S/c23-14-4-1-12(2-5-14)18-17(20(27)21(28)25(18)22-24-7-10-31-22)19(26)13-3-6-15-16(11-13)30-9-8-29-15/h1-7,10-11,18,26H,8-9H2/b19-17+. The largest absolute Gasteiger partial charge is 0.507 e. The Hall–Kier alpha value is -3.72. The summed E-state index contributed by atoms with van der Waals surface area (Å²) in [6.07, 6.45) is 1.52. The van der Waals surface area contributed by atoms with Crippen LogP contribution in [0.25, 0.3) is 5.76 Å². The van der Waals surface area contributed by atoms with Crippen molar-refractivity contribution in [3.05, 3.63) is 76.6 Å². The Morgan fingerprint density at radius 3 is 2.55 bits per heavy atom. The molecule has 1 saturated heterocycles. The number of aliphatic hydroxyl groups is 1. The molecular weight excluding hydrogens is 423 g/mol. The number of thiazole rings is 1. The number of ether oxygens (including phenoxy) is 2. The topological polar surface area (TPSA) is 89.0 Å². The molecule has 1 atom stereocenters. The van der Waals surface area contributed by atoms with Crippen LogP contribution in [0.5, 0.6) is 11.5 Å². The highest BCUT2D eigenvalue weighted by atomic mass is 32.1. The summed E-state index contributed by atoms with van der Waals surface area (Å²) in [5.41, 5.74) is 0.659. The van der Waals surface area contributed by atoms with Crippen LogP contribution >= 0.6 is 11.3 Å². The summed E-state index contributed by atoms with van der Waals surface area (Å²) in [7, 11) is 0. The Balaban J connectivity index is 1.68. The fourth-order valence-corrected chi connectivity index (χ4v) is 4.34. The van der Waals surface area contributed by atoms with Gasteiger partial charge in [-0.3, -0.25) is 14.5 Å². The molecule has 156 valence electrons. The lowest BCUT2D eigenvalue weighted by atomic mass is 9.95. The first-order chi connectivity index (χ1) is 15.0. The van der Waals surface area contributed by atoms with Crippen molar-refractivity contribution >= 4 is 33.9 Å². The minimum absolute atomic E-state index is 0.108. The van der Waals surface area contributed by atoms with Crippen molar-refractivity contribution in [1.29, 1.82) is 0 Å². The molecule has 0 saturated carbocycles. The van der Waals surface area contributed by atoms with Crippen molar-refractivity contribution in [1.82, 2.24) is 4.98 Å². The second-order valence-electron chi connectivity index (χ2n) is 6.89. The van der Waals surface area contributed by atoms with Crippen molar-refractivity contribution in [3.8, 4) is 11.5 Å². The van der Waals surface area contributed by atoms with Crippen LogP contribution in [0, 0.1) is 5.82 Å². The Morgan fingerprint density at radius 1 is 1.10 bits per heavy atom. The van der Waals surface area contributed by atoms with Gasteiger partial charge in [0.2, 0.25) is 0 Å². The number of fused-ring (bicyclic) bond motifs is 1. The minimum atomic E-state index is -0.958. The maximum atomic E-state index is 13.5. The normalized spacial score (nSPS) is 19.6. The molecule has 5 rings (SSSR count). The lowest BCUT2D eigenvalue weighted by Gasteiger charge is -2.23. The Morgan fingerprint density at radius 2 is 1.84 bits per heavy atom. The molecule has 1 fully saturated rings. The lowest BCUT2D eigenvalue weighted by molar-refractivity contribution is -0.132. The summed E-state index contributed by atoms with van der Waals surface area (Å²) in [5.74, 6) is -1.52. The number of aliphatic hydroxyl groups excluding tert-OH is 1. The van der Waals surface area contributed by atoms with Crippen LogP contribution in [0.15, 0.2) is 59.6 Å². The third kappa shape index (κ3) is 3.23. The molecular formula is C22H15FN2O5S. The number of Topliss-reactive ketones (excluding diaryl/α,β-unsaturated/α-hetero) is 1. The molecule has 1 N–H and O–H groups in total. The molecule has 31 heavy (non-hydrogen) atoms. The van der Waals surface area contributed by atoms with Crippen LogP contribution in [-0.2, 0) is 9.59 Å². The first-order valence-corrected chi connectivity index (χ1v) is 10.3. The number of benzene rings is 2. The molecule has 2 aliphatic heterocycles. The highest BCUT2D eigenvalue weighted by Gasteiger charge is 2.48. The molecule has 0 spiro atoms. The first-order valence-electron chi connectivity index (χ1n) is 9.40. The maximum absolute atomic E-state index is 13.5. The van der Waals surface area contributed by atoms with E-state index in [2.05, 4.69) is 4.98 Å². The van der Waals surface area contributed by atoms with E-state index in [0.717, 1.165) is 0 Å². The van der Waals surface area contributed by atoms with E-state index in [0.29, 0.717) is 41.0 Å². The van der Waals surface area contributed by atoms with Gasteiger partial charge in [0.15, 0.2) is 16.6 Å². The van der Waals surface area contributed by atoms with Gasteiger partial charge in [0.1, 0.15) is 24.8 Å². The molecule has 2 aliphatic rings. The fourth-order valence-electron chi connectivity index (χ4n) is 3.67. The first kappa shape index (κ1) is 19.3. The molecule has 9 heteroatoms. The van der Waals surface area contributed by atoms with E-state index in [-0.39, 0.29) is 11.3 Å². The van der Waals surface area contributed by atoms with Crippen LogP contribution < -0.4 is 14.4 Å². The van der Waals surface area contributed by atoms with Gasteiger partial charge < -0.3 is 14.6 Å². The number of carbonyl (C=O) groups is 2. The summed E-state index contributed by atoms with van der Waals surface area (Å²) in [4.78, 5) is 31.3. The zero-order chi connectivity index (χ0) is 21.5. The van der Waals surface area contributed by atoms with Crippen molar-refractivity contribution < 1.29 is 28.6 Å². The summed E-state index contributed by atoms with van der Waals surface area (Å²) >= 11 is 1.18. The molecule has 0 bridgehead atoms. The van der Waals surface area contributed by atoms with Crippen LogP contribution in [0.3, 0.4) is 0 Å². The Kier molecular flexibility index (Phi) is 4.67. The number of carbonyl (C=O) groups excluding carboxylic acids is 2. The number of nitrogens with zero attached hydrogens (tertiary/aromatic N) is 2. The Bertz CT molecular complexity index is 1210. The number of anilines is 1. The predicted molar refractivity (Wildman–Crippen MR) is 111 cm³/mol. The van der Waals surface area contributed by atoms with Crippen LogP contribution in [0.1, 0.15) is 17.2 Å². The monoisotopic (exact) mass is 438 g/mol. The van der Waals surface area contributed by atoms with Gasteiger partial charge in [0.25, 0.3) is 5.78 Å². The zero-order valence-electron chi connectivity index (χ0n) is 15.9. The average Bonchev–Trinajstić information content (AvgIpc) is 3.40. The average molecular weight is 438 g/mol. The van der Waals surface area contributed by atoms with E-state index >= 15 is 0 Å². The number of halogens is 1. The smallest absolute Gasteiger partial charge is 0.301 e. The Labute approximate surface area is 180 Å². The third-order valence-electron chi connectivity index (χ3n) is 5.07. The van der Waals surface area contributed by atoms with Crippen LogP contribution in [-0.4, -0.2) is 35.0 Å². The van der Waals surface area contributed by atoms with Crippen molar-refractivity contribution in [2.24, 2.45) is 0 Å². The quantitative estimate of drug-likeness (QED) is 0.381. The van der Waals surface area contributed by atoms with Gasteiger partial charge in [0.05, 0.1) is 11.6 Å². The van der Waals surface area contributed by atoms with Gasteiger partial charge in [0, 0.05) is 17.1 Å². The molecule has 3 heterocycles. The van der Waals surface area contributed by atoms with Crippen LogP contribution in [0.4, 0.5) is 9.52 Å². The van der Waals surface area contributed by atoms with Crippen molar-refractivity contribution in [2.75, 3.05) is 18.1 Å². The summed E-state index contributed by atoms with van der Waals surface area (Å²) in [6, 6.07) is 9.24. The fraction of sp³-hybridized carbons (Fsp3) is 0.136. The number of aromatic nitrogens is 1. The molecule has 0 radical (unpaired) electrons. The summed E-state index contributed by atoms with van der Waals surface area (Å²) in [5, 5.41) is 13.1. The van der Waals surface area contributed by atoms with Crippen molar-refractivity contribution in [3.63, 3.8) is 0 Å². The summed E-state index contributed by atoms with van der Waals surface area (Å²) in [6.45, 7) is 0.781. The van der Waals surface area contributed by atoms with Gasteiger partial charge >= 0.3 is 5.91 Å². The molecule has 7 nitrogen and oxygen atoms in total. The SMILES string of the molecule is O=C1C(=O)N(c2nccs2)C(c2ccc(F)cc2)/C1=C(\O)c1ccc2c(c1)OCCO2. The second kappa shape index (κ2) is 7.51. The van der Waals surface area contributed by atoms with Gasteiger partial charge in [-0.25, -0.2) is 9.37 Å². The molecule has 1 unspecified atom stereocenters. The second-order valence-corrected chi connectivity index (χ2v) is 7.77. The van der Waals surface area contributed by atoms with Crippen LogP contribution in [0.2, 0.25) is 0 Å². The number of ketones is 1. The summed E-state index contributed by atoms with van der Waals surface area (Å²) < 4.78 is 24.6. The zero-order valence-corrected chi connectivity index (χ0v) is 16.8. The van der Waals surface area contributed by atoms with Gasteiger partial charge in [-0.05, 0) is 35.9 Å². The number of hydrogen-bond acceptors (Lipinski definition) is 7.